The number of methoxy groups -OCH3 is 1. The zero-order chi connectivity index (χ0) is 12.4. The summed E-state index contributed by atoms with van der Waals surface area (Å²) in [5.41, 5.74) is 7.10. The Morgan fingerprint density at radius 1 is 1.24 bits per heavy atom. The molecule has 5 heteroatoms. The van der Waals surface area contributed by atoms with Crippen LogP contribution in [0.3, 0.4) is 0 Å². The van der Waals surface area contributed by atoms with Crippen molar-refractivity contribution in [3.8, 4) is 5.75 Å². The second kappa shape index (κ2) is 5.59. The third-order valence-electron chi connectivity index (χ3n) is 3.10. The van der Waals surface area contributed by atoms with Crippen molar-refractivity contribution in [3.63, 3.8) is 0 Å². The molecule has 2 rings (SSSR count). The first kappa shape index (κ1) is 13.2. The Hall–Kier alpha value is -0.260. The Bertz CT molecular complexity index is 404. The summed E-state index contributed by atoms with van der Waals surface area (Å²) in [5.74, 6) is 0.859. The third-order valence-corrected chi connectivity index (χ3v) is 4.36. The van der Waals surface area contributed by atoms with Crippen LogP contribution in [-0.2, 0) is 0 Å². The Kier molecular flexibility index (Phi) is 4.33. The predicted octanol–water partition coefficient (Wildman–Crippen LogP) is 3.15. The molecule has 0 saturated carbocycles. The van der Waals surface area contributed by atoms with Crippen LogP contribution in [0.2, 0.25) is 0 Å². The number of ether oxygens (including phenoxy) is 1. The second-order valence-corrected chi connectivity index (χ2v) is 5.97. The summed E-state index contributed by atoms with van der Waals surface area (Å²) in [4.78, 5) is 2.35. The van der Waals surface area contributed by atoms with Gasteiger partial charge in [-0.3, -0.25) is 0 Å². The maximum atomic E-state index is 5.92. The number of hydrogen-bond donors (Lipinski definition) is 1. The van der Waals surface area contributed by atoms with Crippen LogP contribution in [-0.4, -0.2) is 26.2 Å². The maximum absolute atomic E-state index is 5.92. The van der Waals surface area contributed by atoms with Gasteiger partial charge in [0.25, 0.3) is 0 Å². The van der Waals surface area contributed by atoms with Crippen LogP contribution in [0.25, 0.3) is 0 Å². The molecule has 2 N–H and O–H groups in total. The van der Waals surface area contributed by atoms with Crippen LogP contribution in [0, 0.1) is 0 Å². The third kappa shape index (κ3) is 2.95. The molecule has 0 unspecified atom stereocenters. The summed E-state index contributed by atoms with van der Waals surface area (Å²) in [6.07, 6.45) is 2.09. The maximum Gasteiger partial charge on any atom is 0.135 e. The molecule has 1 aliphatic rings. The lowest BCUT2D eigenvalue weighted by Crippen LogP contribution is -2.39. The van der Waals surface area contributed by atoms with Crippen molar-refractivity contribution in [2.24, 2.45) is 5.73 Å². The van der Waals surface area contributed by atoms with Gasteiger partial charge < -0.3 is 15.4 Å². The summed E-state index contributed by atoms with van der Waals surface area (Å²) >= 11 is 7.08. The van der Waals surface area contributed by atoms with E-state index in [4.69, 9.17) is 10.5 Å². The first-order valence-corrected chi connectivity index (χ1v) is 7.24. The number of rotatable bonds is 2. The lowest BCUT2D eigenvalue weighted by atomic mass is 10.1. The molecular weight excluding hydrogens is 348 g/mol. The Morgan fingerprint density at radius 2 is 1.88 bits per heavy atom. The quantitative estimate of drug-likeness (QED) is 0.877. The molecule has 1 heterocycles. The summed E-state index contributed by atoms with van der Waals surface area (Å²) < 4.78 is 7.38. The molecule has 0 bridgehead atoms. The van der Waals surface area contributed by atoms with E-state index in [-0.39, 0.29) is 0 Å². The molecule has 94 valence electrons. The minimum Gasteiger partial charge on any atom is -0.495 e. The molecule has 0 aromatic heterocycles. The summed E-state index contributed by atoms with van der Waals surface area (Å²) in [5, 5.41) is 0. The first-order chi connectivity index (χ1) is 8.11. The smallest absolute Gasteiger partial charge is 0.135 e. The number of nitrogens with two attached hydrogens (primary N) is 1. The van der Waals surface area contributed by atoms with Gasteiger partial charge in [-0.1, -0.05) is 0 Å². The highest BCUT2D eigenvalue weighted by Crippen LogP contribution is 2.37. The number of benzene rings is 1. The topological polar surface area (TPSA) is 38.5 Å². The van der Waals surface area contributed by atoms with Crippen LogP contribution < -0.4 is 15.4 Å². The van der Waals surface area contributed by atoms with Gasteiger partial charge in [-0.2, -0.15) is 0 Å². The van der Waals surface area contributed by atoms with Crippen LogP contribution in [0.5, 0.6) is 5.75 Å². The average molecular weight is 364 g/mol. The molecule has 1 aromatic carbocycles. The zero-order valence-corrected chi connectivity index (χ0v) is 12.9. The molecular formula is C12H16Br2N2O. The van der Waals surface area contributed by atoms with E-state index in [2.05, 4.69) is 42.8 Å². The Morgan fingerprint density at radius 3 is 2.47 bits per heavy atom. The van der Waals surface area contributed by atoms with Crippen LogP contribution in [0.15, 0.2) is 21.1 Å². The molecule has 1 aromatic rings. The van der Waals surface area contributed by atoms with E-state index in [0.29, 0.717) is 6.04 Å². The van der Waals surface area contributed by atoms with Crippen LogP contribution in [0.4, 0.5) is 5.69 Å². The van der Waals surface area contributed by atoms with Gasteiger partial charge in [0.1, 0.15) is 5.75 Å². The van der Waals surface area contributed by atoms with Crippen LogP contribution >= 0.6 is 31.9 Å². The lowest BCUT2D eigenvalue weighted by Gasteiger charge is -2.33. The highest BCUT2D eigenvalue weighted by Gasteiger charge is 2.19. The fourth-order valence-corrected chi connectivity index (χ4v) is 3.46. The van der Waals surface area contributed by atoms with Gasteiger partial charge in [0.15, 0.2) is 0 Å². The van der Waals surface area contributed by atoms with E-state index >= 15 is 0 Å². The second-order valence-electron chi connectivity index (χ2n) is 4.26. The SMILES string of the molecule is COc1cc(N2CCC(N)CC2)c(Br)cc1Br. The first-order valence-electron chi connectivity index (χ1n) is 5.65. The Balaban J connectivity index is 2.25. The van der Waals surface area contributed by atoms with Gasteiger partial charge in [-0.15, -0.1) is 0 Å². The fourth-order valence-electron chi connectivity index (χ4n) is 2.06. The lowest BCUT2D eigenvalue weighted by molar-refractivity contribution is 0.411. The number of halogens is 2. The van der Waals surface area contributed by atoms with E-state index in [0.717, 1.165) is 40.6 Å². The van der Waals surface area contributed by atoms with Gasteiger partial charge in [0.2, 0.25) is 0 Å². The largest absolute Gasteiger partial charge is 0.495 e. The number of anilines is 1. The highest BCUT2D eigenvalue weighted by molar-refractivity contribution is 9.11. The van der Waals surface area contributed by atoms with Gasteiger partial charge in [-0.25, -0.2) is 0 Å². The minimum atomic E-state index is 0.349. The zero-order valence-electron chi connectivity index (χ0n) is 9.75. The predicted molar refractivity (Wildman–Crippen MR) is 77.8 cm³/mol. The molecule has 1 fully saturated rings. The minimum absolute atomic E-state index is 0.349. The average Bonchev–Trinajstić information content (AvgIpc) is 2.31. The highest BCUT2D eigenvalue weighted by atomic mass is 79.9. The number of piperidine rings is 1. The molecule has 0 atom stereocenters. The molecule has 1 saturated heterocycles. The number of nitrogens with zero attached hydrogens (tertiary/aromatic N) is 1. The molecule has 1 aliphatic heterocycles. The molecule has 17 heavy (non-hydrogen) atoms. The monoisotopic (exact) mass is 362 g/mol. The molecule has 0 radical (unpaired) electrons. The fraction of sp³-hybridized carbons (Fsp3) is 0.500. The molecule has 0 amide bonds. The van der Waals surface area contributed by atoms with Gasteiger partial charge in [0.05, 0.1) is 17.3 Å². The van der Waals surface area contributed by atoms with Crippen molar-refractivity contribution in [1.82, 2.24) is 0 Å². The van der Waals surface area contributed by atoms with Crippen molar-refractivity contribution < 1.29 is 4.74 Å². The van der Waals surface area contributed by atoms with Gasteiger partial charge >= 0.3 is 0 Å². The summed E-state index contributed by atoms with van der Waals surface area (Å²) in [7, 11) is 1.68. The van der Waals surface area contributed by atoms with E-state index in [1.807, 2.05) is 6.07 Å². The van der Waals surface area contributed by atoms with Gasteiger partial charge in [-0.05, 0) is 50.8 Å². The summed E-state index contributed by atoms with van der Waals surface area (Å²) in [6.45, 7) is 2.01. The molecule has 0 spiro atoms. The van der Waals surface area contributed by atoms with Crippen LogP contribution in [0.1, 0.15) is 12.8 Å². The van der Waals surface area contributed by atoms with Crippen molar-refractivity contribution in [1.29, 1.82) is 0 Å². The van der Waals surface area contributed by atoms with Crippen molar-refractivity contribution in [3.05, 3.63) is 21.1 Å². The van der Waals surface area contributed by atoms with Crippen molar-refractivity contribution in [2.75, 3.05) is 25.1 Å². The molecule has 0 aliphatic carbocycles. The van der Waals surface area contributed by atoms with Crippen molar-refractivity contribution in [2.45, 2.75) is 18.9 Å². The van der Waals surface area contributed by atoms with E-state index in [1.54, 1.807) is 7.11 Å². The summed E-state index contributed by atoms with van der Waals surface area (Å²) in [6, 6.07) is 4.44. The van der Waals surface area contributed by atoms with Gasteiger partial charge in [0, 0.05) is 29.7 Å². The normalized spacial score (nSPS) is 17.3. The molecule has 3 nitrogen and oxygen atoms in total. The number of hydrogen-bond acceptors (Lipinski definition) is 3. The van der Waals surface area contributed by atoms with E-state index in [1.165, 1.54) is 5.69 Å². The standard InChI is InChI=1S/C12H16Br2N2O/c1-17-12-7-11(9(13)6-10(12)14)16-4-2-8(15)3-5-16/h6-8H,2-5,15H2,1H3. The van der Waals surface area contributed by atoms with Crippen molar-refractivity contribution >= 4 is 37.5 Å². The Labute approximate surface area is 119 Å². The van der Waals surface area contributed by atoms with E-state index in [9.17, 15) is 0 Å². The van der Waals surface area contributed by atoms with E-state index < -0.39 is 0 Å².